The Morgan fingerprint density at radius 2 is 2.27 bits per heavy atom. The number of aryl methyl sites for hydroxylation is 1. The number of hydrogen-bond acceptors (Lipinski definition) is 4. The second-order valence-corrected chi connectivity index (χ2v) is 5.40. The zero-order chi connectivity index (χ0) is 10.7. The van der Waals surface area contributed by atoms with Gasteiger partial charge in [-0.25, -0.2) is 0 Å². The summed E-state index contributed by atoms with van der Waals surface area (Å²) in [6.07, 6.45) is 3.56. The zero-order valence-electron chi connectivity index (χ0n) is 9.49. The second kappa shape index (κ2) is 5.03. The first-order valence-electron chi connectivity index (χ1n) is 5.84. The standard InChI is InChI=1S/C11H19N3S/c1-3-12-6-4-5-10-13-14-11(15-10)9-7-8(9)2/h8-9,12H,3-7H2,1-2H3. The van der Waals surface area contributed by atoms with Crippen molar-refractivity contribution in [2.75, 3.05) is 13.1 Å². The van der Waals surface area contributed by atoms with Gasteiger partial charge < -0.3 is 5.32 Å². The van der Waals surface area contributed by atoms with Crippen LogP contribution in [0.2, 0.25) is 0 Å². The molecule has 1 aromatic rings. The molecule has 0 bridgehead atoms. The molecule has 1 aliphatic carbocycles. The van der Waals surface area contributed by atoms with Crippen LogP contribution in [0.15, 0.2) is 0 Å². The third kappa shape index (κ3) is 2.98. The maximum Gasteiger partial charge on any atom is 0.120 e. The first-order chi connectivity index (χ1) is 7.31. The molecule has 1 fully saturated rings. The molecular weight excluding hydrogens is 206 g/mol. The summed E-state index contributed by atoms with van der Waals surface area (Å²) in [6.45, 7) is 6.57. The molecule has 84 valence electrons. The molecule has 2 atom stereocenters. The minimum Gasteiger partial charge on any atom is -0.317 e. The normalized spacial score (nSPS) is 24.4. The molecule has 0 spiro atoms. The molecule has 2 unspecified atom stereocenters. The Kier molecular flexibility index (Phi) is 3.70. The quantitative estimate of drug-likeness (QED) is 0.754. The summed E-state index contributed by atoms with van der Waals surface area (Å²) in [5, 5.41) is 14.3. The first kappa shape index (κ1) is 11.0. The van der Waals surface area contributed by atoms with Gasteiger partial charge >= 0.3 is 0 Å². The molecule has 1 aromatic heterocycles. The van der Waals surface area contributed by atoms with Gasteiger partial charge in [0.2, 0.25) is 0 Å². The van der Waals surface area contributed by atoms with E-state index in [0.29, 0.717) is 0 Å². The van der Waals surface area contributed by atoms with E-state index in [1.54, 1.807) is 0 Å². The fraction of sp³-hybridized carbons (Fsp3) is 0.818. The predicted octanol–water partition coefficient (Wildman–Crippen LogP) is 2.20. The van der Waals surface area contributed by atoms with Gasteiger partial charge in [0.15, 0.2) is 0 Å². The Balaban J connectivity index is 1.75. The molecule has 1 heterocycles. The van der Waals surface area contributed by atoms with Crippen LogP contribution < -0.4 is 5.32 Å². The lowest BCUT2D eigenvalue weighted by atomic mass is 10.3. The minimum atomic E-state index is 0.727. The van der Waals surface area contributed by atoms with E-state index in [1.807, 2.05) is 11.3 Å². The van der Waals surface area contributed by atoms with E-state index in [9.17, 15) is 0 Å². The van der Waals surface area contributed by atoms with E-state index >= 15 is 0 Å². The highest BCUT2D eigenvalue weighted by molar-refractivity contribution is 7.11. The van der Waals surface area contributed by atoms with Crippen LogP contribution >= 0.6 is 11.3 Å². The minimum absolute atomic E-state index is 0.727. The van der Waals surface area contributed by atoms with Crippen molar-refractivity contribution in [1.29, 1.82) is 0 Å². The summed E-state index contributed by atoms with van der Waals surface area (Å²) in [5.41, 5.74) is 0. The van der Waals surface area contributed by atoms with E-state index in [-0.39, 0.29) is 0 Å². The smallest absolute Gasteiger partial charge is 0.120 e. The van der Waals surface area contributed by atoms with Gasteiger partial charge in [-0.15, -0.1) is 21.5 Å². The van der Waals surface area contributed by atoms with E-state index in [0.717, 1.165) is 31.3 Å². The maximum absolute atomic E-state index is 4.28. The Labute approximate surface area is 95.3 Å². The fourth-order valence-electron chi connectivity index (χ4n) is 1.73. The second-order valence-electron chi connectivity index (χ2n) is 4.31. The van der Waals surface area contributed by atoms with Crippen molar-refractivity contribution in [3.05, 3.63) is 10.0 Å². The van der Waals surface area contributed by atoms with Crippen molar-refractivity contribution in [2.45, 2.75) is 39.0 Å². The largest absolute Gasteiger partial charge is 0.317 e. The van der Waals surface area contributed by atoms with E-state index in [2.05, 4.69) is 29.4 Å². The van der Waals surface area contributed by atoms with Gasteiger partial charge in [0.05, 0.1) is 0 Å². The van der Waals surface area contributed by atoms with Gasteiger partial charge in [-0.2, -0.15) is 0 Å². The van der Waals surface area contributed by atoms with Crippen LogP contribution in [0, 0.1) is 5.92 Å². The molecule has 2 rings (SSSR count). The molecule has 1 aliphatic rings. The molecule has 3 nitrogen and oxygen atoms in total. The van der Waals surface area contributed by atoms with Gasteiger partial charge in [-0.05, 0) is 31.8 Å². The third-order valence-corrected chi connectivity index (χ3v) is 4.02. The van der Waals surface area contributed by atoms with Gasteiger partial charge in [0.1, 0.15) is 10.0 Å². The number of nitrogens with one attached hydrogen (secondary N) is 1. The molecule has 0 amide bonds. The monoisotopic (exact) mass is 225 g/mol. The van der Waals surface area contributed by atoms with Crippen molar-refractivity contribution >= 4 is 11.3 Å². The van der Waals surface area contributed by atoms with Crippen LogP contribution in [0.5, 0.6) is 0 Å². The van der Waals surface area contributed by atoms with Crippen molar-refractivity contribution in [1.82, 2.24) is 15.5 Å². The van der Waals surface area contributed by atoms with E-state index in [4.69, 9.17) is 0 Å². The summed E-state index contributed by atoms with van der Waals surface area (Å²) in [6, 6.07) is 0. The van der Waals surface area contributed by atoms with Crippen molar-refractivity contribution < 1.29 is 0 Å². The average Bonchev–Trinajstić information content (AvgIpc) is 2.80. The molecular formula is C11H19N3S. The molecule has 1 saturated carbocycles. The predicted molar refractivity (Wildman–Crippen MR) is 63.3 cm³/mol. The molecule has 4 heteroatoms. The van der Waals surface area contributed by atoms with Gasteiger partial charge in [-0.1, -0.05) is 13.8 Å². The lowest BCUT2D eigenvalue weighted by Crippen LogP contribution is -2.14. The van der Waals surface area contributed by atoms with Gasteiger partial charge in [-0.3, -0.25) is 0 Å². The summed E-state index contributed by atoms with van der Waals surface area (Å²) < 4.78 is 0. The Bertz CT molecular complexity index is 311. The van der Waals surface area contributed by atoms with Gasteiger partial charge in [0, 0.05) is 12.3 Å². The van der Waals surface area contributed by atoms with Crippen LogP contribution in [-0.2, 0) is 6.42 Å². The molecule has 15 heavy (non-hydrogen) atoms. The zero-order valence-corrected chi connectivity index (χ0v) is 10.3. The number of rotatable bonds is 6. The topological polar surface area (TPSA) is 37.8 Å². The summed E-state index contributed by atoms with van der Waals surface area (Å²) in [7, 11) is 0. The fourth-order valence-corrected chi connectivity index (χ4v) is 2.86. The molecule has 0 aliphatic heterocycles. The van der Waals surface area contributed by atoms with E-state index in [1.165, 1.54) is 22.9 Å². The maximum atomic E-state index is 4.28. The van der Waals surface area contributed by atoms with Gasteiger partial charge in [0.25, 0.3) is 0 Å². The van der Waals surface area contributed by atoms with Crippen molar-refractivity contribution in [3.8, 4) is 0 Å². The highest BCUT2D eigenvalue weighted by atomic mass is 32.1. The summed E-state index contributed by atoms with van der Waals surface area (Å²) in [4.78, 5) is 0. The Hall–Kier alpha value is -0.480. The van der Waals surface area contributed by atoms with Crippen molar-refractivity contribution in [2.24, 2.45) is 5.92 Å². The number of hydrogen-bond donors (Lipinski definition) is 1. The lowest BCUT2D eigenvalue weighted by Gasteiger charge is -1.97. The summed E-state index contributed by atoms with van der Waals surface area (Å²) in [5.74, 6) is 1.57. The van der Waals surface area contributed by atoms with Crippen LogP contribution in [0.3, 0.4) is 0 Å². The Morgan fingerprint density at radius 3 is 2.93 bits per heavy atom. The average molecular weight is 225 g/mol. The molecule has 0 aromatic carbocycles. The SMILES string of the molecule is CCNCCCc1nnc(C2CC2C)s1. The van der Waals surface area contributed by atoms with Crippen LogP contribution in [0.25, 0.3) is 0 Å². The number of nitrogens with zero attached hydrogens (tertiary/aromatic N) is 2. The lowest BCUT2D eigenvalue weighted by molar-refractivity contribution is 0.668. The Morgan fingerprint density at radius 1 is 1.47 bits per heavy atom. The van der Waals surface area contributed by atoms with Crippen LogP contribution in [0.4, 0.5) is 0 Å². The van der Waals surface area contributed by atoms with Crippen molar-refractivity contribution in [3.63, 3.8) is 0 Å². The highest BCUT2D eigenvalue weighted by Crippen LogP contribution is 2.47. The van der Waals surface area contributed by atoms with E-state index < -0.39 is 0 Å². The highest BCUT2D eigenvalue weighted by Gasteiger charge is 2.36. The molecule has 1 N–H and O–H groups in total. The molecule has 0 radical (unpaired) electrons. The van der Waals surface area contributed by atoms with Crippen LogP contribution in [0.1, 0.15) is 42.6 Å². The number of aromatic nitrogens is 2. The first-order valence-corrected chi connectivity index (χ1v) is 6.66. The third-order valence-electron chi connectivity index (χ3n) is 2.90. The summed E-state index contributed by atoms with van der Waals surface area (Å²) >= 11 is 1.82. The molecule has 0 saturated heterocycles. The van der Waals surface area contributed by atoms with Crippen LogP contribution in [-0.4, -0.2) is 23.3 Å².